The molecule has 3 aromatic rings. The molecule has 0 radical (unpaired) electrons. The number of aromatic nitrogens is 2. The SMILES string of the molecule is CC(=O)Nc1ccc(NCc2cn3ccccc3n2)cc1. The Kier molecular flexibility index (Phi) is 3.55. The van der Waals surface area contributed by atoms with Crippen molar-refractivity contribution in [3.05, 3.63) is 60.6 Å². The lowest BCUT2D eigenvalue weighted by atomic mass is 10.2. The summed E-state index contributed by atoms with van der Waals surface area (Å²) in [6.07, 6.45) is 3.99. The molecule has 3 rings (SSSR count). The van der Waals surface area contributed by atoms with Crippen LogP contribution in [0.4, 0.5) is 11.4 Å². The van der Waals surface area contributed by atoms with Gasteiger partial charge >= 0.3 is 0 Å². The Hall–Kier alpha value is -2.82. The highest BCUT2D eigenvalue weighted by atomic mass is 16.1. The zero-order valence-electron chi connectivity index (χ0n) is 11.7. The molecule has 0 spiro atoms. The van der Waals surface area contributed by atoms with E-state index in [9.17, 15) is 4.79 Å². The van der Waals surface area contributed by atoms with Crippen molar-refractivity contribution in [1.82, 2.24) is 9.38 Å². The number of imidazole rings is 1. The van der Waals surface area contributed by atoms with Gasteiger partial charge in [0.25, 0.3) is 0 Å². The number of carbonyl (C=O) groups is 1. The van der Waals surface area contributed by atoms with Gasteiger partial charge in [-0.3, -0.25) is 4.79 Å². The lowest BCUT2D eigenvalue weighted by Gasteiger charge is -2.06. The average molecular weight is 280 g/mol. The van der Waals surface area contributed by atoms with Crippen molar-refractivity contribution in [2.45, 2.75) is 13.5 Å². The van der Waals surface area contributed by atoms with Gasteiger partial charge in [-0.2, -0.15) is 0 Å². The van der Waals surface area contributed by atoms with Crippen LogP contribution in [0.3, 0.4) is 0 Å². The van der Waals surface area contributed by atoms with Crippen LogP contribution in [0.15, 0.2) is 54.9 Å². The molecule has 0 saturated carbocycles. The third-order valence-corrected chi connectivity index (χ3v) is 3.09. The summed E-state index contributed by atoms with van der Waals surface area (Å²) in [5.74, 6) is -0.0691. The first-order chi connectivity index (χ1) is 10.2. The molecule has 2 N–H and O–H groups in total. The van der Waals surface area contributed by atoms with Gasteiger partial charge in [-0.15, -0.1) is 0 Å². The summed E-state index contributed by atoms with van der Waals surface area (Å²) >= 11 is 0. The molecule has 2 aromatic heterocycles. The fraction of sp³-hybridized carbons (Fsp3) is 0.125. The van der Waals surface area contributed by atoms with Crippen LogP contribution in [0.1, 0.15) is 12.6 Å². The molecule has 2 heterocycles. The zero-order chi connectivity index (χ0) is 14.7. The Labute approximate surface area is 122 Å². The van der Waals surface area contributed by atoms with Gasteiger partial charge in [-0.05, 0) is 36.4 Å². The van der Waals surface area contributed by atoms with Crippen molar-refractivity contribution in [2.75, 3.05) is 10.6 Å². The number of rotatable bonds is 4. The predicted octanol–water partition coefficient (Wildman–Crippen LogP) is 2.90. The predicted molar refractivity (Wildman–Crippen MR) is 83.3 cm³/mol. The molecule has 0 unspecified atom stereocenters. The molecule has 21 heavy (non-hydrogen) atoms. The Balaban J connectivity index is 1.65. The molecule has 1 amide bonds. The molecular weight excluding hydrogens is 264 g/mol. The number of nitrogens with zero attached hydrogens (tertiary/aromatic N) is 2. The van der Waals surface area contributed by atoms with Gasteiger partial charge in [0, 0.05) is 30.7 Å². The van der Waals surface area contributed by atoms with E-state index in [0.29, 0.717) is 6.54 Å². The number of hydrogen-bond acceptors (Lipinski definition) is 3. The summed E-state index contributed by atoms with van der Waals surface area (Å²) in [4.78, 5) is 15.5. The van der Waals surface area contributed by atoms with Crippen LogP contribution in [0.2, 0.25) is 0 Å². The van der Waals surface area contributed by atoms with E-state index < -0.39 is 0 Å². The highest BCUT2D eigenvalue weighted by Gasteiger charge is 2.01. The monoisotopic (exact) mass is 280 g/mol. The van der Waals surface area contributed by atoms with Gasteiger partial charge in [0.1, 0.15) is 5.65 Å². The summed E-state index contributed by atoms with van der Waals surface area (Å²) in [5, 5.41) is 6.06. The minimum absolute atomic E-state index is 0.0691. The topological polar surface area (TPSA) is 58.4 Å². The molecule has 5 heteroatoms. The maximum Gasteiger partial charge on any atom is 0.221 e. The smallest absolute Gasteiger partial charge is 0.221 e. The number of hydrogen-bond donors (Lipinski definition) is 2. The lowest BCUT2D eigenvalue weighted by Crippen LogP contribution is -2.05. The standard InChI is InChI=1S/C16H16N4O/c1-12(21)18-14-7-5-13(6-8-14)17-10-15-11-20-9-3-2-4-16(20)19-15/h2-9,11,17H,10H2,1H3,(H,18,21). The average Bonchev–Trinajstić information content (AvgIpc) is 2.89. The molecule has 0 aliphatic rings. The number of benzene rings is 1. The van der Waals surface area contributed by atoms with E-state index in [1.807, 2.05) is 59.3 Å². The minimum atomic E-state index is -0.0691. The molecule has 1 aromatic carbocycles. The van der Waals surface area contributed by atoms with Crippen molar-refractivity contribution >= 4 is 22.9 Å². The molecule has 0 bridgehead atoms. The van der Waals surface area contributed by atoms with Crippen LogP contribution < -0.4 is 10.6 Å². The fourth-order valence-corrected chi connectivity index (χ4v) is 2.14. The number of anilines is 2. The van der Waals surface area contributed by atoms with E-state index >= 15 is 0 Å². The second kappa shape index (κ2) is 5.66. The summed E-state index contributed by atoms with van der Waals surface area (Å²) in [6.45, 7) is 2.15. The Bertz CT molecular complexity index is 728. The molecule has 106 valence electrons. The third kappa shape index (κ3) is 3.20. The highest BCUT2D eigenvalue weighted by Crippen LogP contribution is 2.14. The number of amides is 1. The quantitative estimate of drug-likeness (QED) is 0.772. The minimum Gasteiger partial charge on any atom is -0.379 e. The van der Waals surface area contributed by atoms with E-state index in [1.165, 1.54) is 6.92 Å². The van der Waals surface area contributed by atoms with Crippen LogP contribution >= 0.6 is 0 Å². The van der Waals surface area contributed by atoms with E-state index in [1.54, 1.807) is 0 Å². The number of nitrogens with one attached hydrogen (secondary N) is 2. The molecule has 0 aliphatic heterocycles. The maximum absolute atomic E-state index is 11.0. The first-order valence-corrected chi connectivity index (χ1v) is 6.75. The lowest BCUT2D eigenvalue weighted by molar-refractivity contribution is -0.114. The van der Waals surface area contributed by atoms with Crippen molar-refractivity contribution in [2.24, 2.45) is 0 Å². The normalized spacial score (nSPS) is 10.5. The summed E-state index contributed by atoms with van der Waals surface area (Å²) in [6, 6.07) is 13.5. The molecular formula is C16H16N4O. The van der Waals surface area contributed by atoms with E-state index in [4.69, 9.17) is 0 Å². The molecule has 0 aliphatic carbocycles. The molecule has 0 atom stereocenters. The summed E-state index contributed by atoms with van der Waals surface area (Å²) < 4.78 is 2.00. The van der Waals surface area contributed by atoms with E-state index in [0.717, 1.165) is 22.7 Å². The largest absolute Gasteiger partial charge is 0.379 e. The van der Waals surface area contributed by atoms with E-state index in [-0.39, 0.29) is 5.91 Å². The first kappa shape index (κ1) is 13.2. The first-order valence-electron chi connectivity index (χ1n) is 6.75. The Morgan fingerprint density at radius 2 is 1.90 bits per heavy atom. The third-order valence-electron chi connectivity index (χ3n) is 3.09. The Morgan fingerprint density at radius 3 is 2.62 bits per heavy atom. The van der Waals surface area contributed by atoms with Crippen molar-refractivity contribution in [3.63, 3.8) is 0 Å². The van der Waals surface area contributed by atoms with Crippen LogP contribution in [0.25, 0.3) is 5.65 Å². The zero-order valence-corrected chi connectivity index (χ0v) is 11.7. The molecule has 5 nitrogen and oxygen atoms in total. The number of carbonyl (C=O) groups excluding carboxylic acids is 1. The van der Waals surface area contributed by atoms with Crippen LogP contribution in [0, 0.1) is 0 Å². The second-order valence-electron chi connectivity index (χ2n) is 4.81. The Morgan fingerprint density at radius 1 is 1.14 bits per heavy atom. The van der Waals surface area contributed by atoms with Gasteiger partial charge in [-0.25, -0.2) is 4.98 Å². The van der Waals surface area contributed by atoms with Gasteiger partial charge < -0.3 is 15.0 Å². The van der Waals surface area contributed by atoms with Gasteiger partial charge in [0.05, 0.1) is 12.2 Å². The molecule has 0 fully saturated rings. The second-order valence-corrected chi connectivity index (χ2v) is 4.81. The van der Waals surface area contributed by atoms with Crippen molar-refractivity contribution in [1.29, 1.82) is 0 Å². The maximum atomic E-state index is 11.0. The van der Waals surface area contributed by atoms with E-state index in [2.05, 4.69) is 15.6 Å². The van der Waals surface area contributed by atoms with Gasteiger partial charge in [0.15, 0.2) is 0 Å². The fourth-order valence-electron chi connectivity index (χ4n) is 2.14. The summed E-state index contributed by atoms with van der Waals surface area (Å²) in [7, 11) is 0. The number of fused-ring (bicyclic) bond motifs is 1. The number of pyridine rings is 1. The van der Waals surface area contributed by atoms with Gasteiger partial charge in [-0.1, -0.05) is 6.07 Å². The van der Waals surface area contributed by atoms with Crippen LogP contribution in [-0.4, -0.2) is 15.3 Å². The molecule has 0 saturated heterocycles. The van der Waals surface area contributed by atoms with Gasteiger partial charge in [0.2, 0.25) is 5.91 Å². The van der Waals surface area contributed by atoms with Crippen LogP contribution in [-0.2, 0) is 11.3 Å². The summed E-state index contributed by atoms with van der Waals surface area (Å²) in [5.41, 5.74) is 3.70. The van der Waals surface area contributed by atoms with Crippen molar-refractivity contribution in [3.8, 4) is 0 Å². The van der Waals surface area contributed by atoms with Crippen molar-refractivity contribution < 1.29 is 4.79 Å². The van der Waals surface area contributed by atoms with Crippen LogP contribution in [0.5, 0.6) is 0 Å². The highest BCUT2D eigenvalue weighted by molar-refractivity contribution is 5.88.